The fourth-order valence-electron chi connectivity index (χ4n) is 1.95. The van der Waals surface area contributed by atoms with E-state index in [0.29, 0.717) is 5.56 Å². The van der Waals surface area contributed by atoms with Crippen molar-refractivity contribution in [3.63, 3.8) is 0 Å². The summed E-state index contributed by atoms with van der Waals surface area (Å²) in [7, 11) is 0. The van der Waals surface area contributed by atoms with E-state index in [1.165, 1.54) is 18.2 Å². The van der Waals surface area contributed by atoms with Crippen molar-refractivity contribution in [1.29, 1.82) is 0 Å². The van der Waals surface area contributed by atoms with Gasteiger partial charge in [-0.2, -0.15) is 0 Å². The molecule has 0 radical (unpaired) electrons. The van der Waals surface area contributed by atoms with E-state index in [2.05, 4.69) is 0 Å². The minimum Gasteiger partial charge on any atom is -0.392 e. The van der Waals surface area contributed by atoms with Crippen LogP contribution < -0.4 is 0 Å². The molecule has 0 aliphatic carbocycles. The van der Waals surface area contributed by atoms with Crippen LogP contribution in [0.3, 0.4) is 0 Å². The predicted molar refractivity (Wildman–Crippen MR) is 71.2 cm³/mol. The maximum absolute atomic E-state index is 13.4. The molecule has 106 valence electrons. The summed E-state index contributed by atoms with van der Waals surface area (Å²) >= 11 is 5.56. The molecule has 2 aromatic rings. The smallest absolute Gasteiger partial charge is 0.142 e. The lowest BCUT2D eigenvalue weighted by molar-refractivity contribution is 0.174. The lowest BCUT2D eigenvalue weighted by Crippen LogP contribution is -2.15. The minimum atomic E-state index is -0.893. The molecular formula is C15H12ClF3O. The Morgan fingerprint density at radius 3 is 2.35 bits per heavy atom. The maximum Gasteiger partial charge on any atom is 0.142 e. The zero-order valence-corrected chi connectivity index (χ0v) is 11.2. The van der Waals surface area contributed by atoms with Crippen LogP contribution in [0.1, 0.15) is 11.1 Å². The van der Waals surface area contributed by atoms with E-state index in [-0.39, 0.29) is 23.4 Å². The summed E-state index contributed by atoms with van der Waals surface area (Å²) in [5, 5.41) is 9.90. The number of halogens is 4. The lowest BCUT2D eigenvalue weighted by atomic mass is 10.0. The zero-order chi connectivity index (χ0) is 14.7. The SMILES string of the molecule is OC(Cc1ccc(Cl)c(F)c1)Cc1ccc(F)cc1F. The Balaban J connectivity index is 2.04. The fraction of sp³-hybridized carbons (Fsp3) is 0.200. The third kappa shape index (κ3) is 3.74. The Labute approximate surface area is 119 Å². The number of hydrogen-bond donors (Lipinski definition) is 1. The minimum absolute atomic E-state index is 0.00724. The van der Waals surface area contributed by atoms with Crippen molar-refractivity contribution >= 4 is 11.6 Å². The largest absolute Gasteiger partial charge is 0.392 e. The van der Waals surface area contributed by atoms with Crippen molar-refractivity contribution in [1.82, 2.24) is 0 Å². The number of rotatable bonds is 4. The standard InChI is InChI=1S/C15H12ClF3O/c16-13-4-1-9(6-15(13)19)5-12(20)7-10-2-3-11(17)8-14(10)18/h1-4,6,8,12,20H,5,7H2. The highest BCUT2D eigenvalue weighted by Crippen LogP contribution is 2.18. The van der Waals surface area contributed by atoms with Gasteiger partial charge in [-0.1, -0.05) is 23.7 Å². The van der Waals surface area contributed by atoms with Crippen LogP contribution in [0.15, 0.2) is 36.4 Å². The van der Waals surface area contributed by atoms with Gasteiger partial charge in [-0.15, -0.1) is 0 Å². The van der Waals surface area contributed by atoms with Crippen LogP contribution in [0.25, 0.3) is 0 Å². The molecule has 0 aromatic heterocycles. The molecule has 0 fully saturated rings. The van der Waals surface area contributed by atoms with Gasteiger partial charge in [0.25, 0.3) is 0 Å². The van der Waals surface area contributed by atoms with E-state index in [1.54, 1.807) is 6.07 Å². The average Bonchev–Trinajstić information content (AvgIpc) is 2.37. The van der Waals surface area contributed by atoms with Gasteiger partial charge in [0.1, 0.15) is 17.5 Å². The molecule has 0 amide bonds. The molecular weight excluding hydrogens is 289 g/mol. The van der Waals surface area contributed by atoms with Gasteiger partial charge in [0.05, 0.1) is 11.1 Å². The highest BCUT2D eigenvalue weighted by molar-refractivity contribution is 6.30. The summed E-state index contributed by atoms with van der Waals surface area (Å²) < 4.78 is 39.4. The monoisotopic (exact) mass is 300 g/mol. The van der Waals surface area contributed by atoms with E-state index < -0.39 is 23.6 Å². The lowest BCUT2D eigenvalue weighted by Gasteiger charge is -2.12. The summed E-state index contributed by atoms with van der Waals surface area (Å²) in [5.41, 5.74) is 0.773. The third-order valence-corrected chi connectivity index (χ3v) is 3.23. The van der Waals surface area contributed by atoms with Crippen molar-refractivity contribution in [2.75, 3.05) is 0 Å². The second kappa shape index (κ2) is 6.29. The topological polar surface area (TPSA) is 20.2 Å². The molecule has 1 nitrogen and oxygen atoms in total. The van der Waals surface area contributed by atoms with Crippen LogP contribution in [0, 0.1) is 17.5 Å². The van der Waals surface area contributed by atoms with Crippen LogP contribution in [0.4, 0.5) is 13.2 Å². The van der Waals surface area contributed by atoms with Crippen molar-refractivity contribution in [2.45, 2.75) is 18.9 Å². The van der Waals surface area contributed by atoms with Crippen LogP contribution in [-0.2, 0) is 12.8 Å². The van der Waals surface area contributed by atoms with Gasteiger partial charge < -0.3 is 5.11 Å². The first-order chi connectivity index (χ1) is 9.45. The number of benzene rings is 2. The quantitative estimate of drug-likeness (QED) is 0.908. The van der Waals surface area contributed by atoms with Gasteiger partial charge >= 0.3 is 0 Å². The van der Waals surface area contributed by atoms with Crippen LogP contribution >= 0.6 is 11.6 Å². The molecule has 0 aliphatic heterocycles. The number of aliphatic hydroxyl groups excluding tert-OH is 1. The first-order valence-corrected chi connectivity index (χ1v) is 6.39. The van der Waals surface area contributed by atoms with Gasteiger partial charge in [-0.25, -0.2) is 13.2 Å². The molecule has 2 aromatic carbocycles. The van der Waals surface area contributed by atoms with E-state index in [1.807, 2.05) is 0 Å². The molecule has 0 bridgehead atoms. The van der Waals surface area contributed by atoms with Gasteiger partial charge in [0, 0.05) is 12.5 Å². The van der Waals surface area contributed by atoms with Gasteiger partial charge in [0.2, 0.25) is 0 Å². The molecule has 0 saturated carbocycles. The van der Waals surface area contributed by atoms with E-state index in [0.717, 1.165) is 12.1 Å². The van der Waals surface area contributed by atoms with Gasteiger partial charge in [-0.3, -0.25) is 0 Å². The van der Waals surface area contributed by atoms with Gasteiger partial charge in [-0.05, 0) is 35.7 Å². The molecule has 0 saturated heterocycles. The molecule has 0 spiro atoms. The highest BCUT2D eigenvalue weighted by Gasteiger charge is 2.12. The Bertz CT molecular complexity index is 616. The fourth-order valence-corrected chi connectivity index (χ4v) is 2.07. The Kier molecular flexibility index (Phi) is 4.68. The first-order valence-electron chi connectivity index (χ1n) is 6.01. The van der Waals surface area contributed by atoms with Crippen LogP contribution in [0.5, 0.6) is 0 Å². The molecule has 5 heteroatoms. The zero-order valence-electron chi connectivity index (χ0n) is 10.4. The molecule has 1 unspecified atom stereocenters. The average molecular weight is 301 g/mol. The molecule has 20 heavy (non-hydrogen) atoms. The summed E-state index contributed by atoms with van der Waals surface area (Å²) in [6.07, 6.45) is -0.711. The molecule has 1 atom stereocenters. The Hall–Kier alpha value is -1.52. The first kappa shape index (κ1) is 14.9. The summed E-state index contributed by atoms with van der Waals surface area (Å²) in [5.74, 6) is -1.93. The highest BCUT2D eigenvalue weighted by atomic mass is 35.5. The second-order valence-electron chi connectivity index (χ2n) is 4.55. The van der Waals surface area contributed by atoms with E-state index >= 15 is 0 Å². The van der Waals surface area contributed by atoms with Gasteiger partial charge in [0.15, 0.2) is 0 Å². The second-order valence-corrected chi connectivity index (χ2v) is 4.95. The predicted octanol–water partition coefficient (Wildman–Crippen LogP) is 3.90. The molecule has 2 rings (SSSR count). The van der Waals surface area contributed by atoms with Crippen molar-refractivity contribution in [3.8, 4) is 0 Å². The summed E-state index contributed by atoms with van der Waals surface area (Å²) in [4.78, 5) is 0. The van der Waals surface area contributed by atoms with Crippen molar-refractivity contribution < 1.29 is 18.3 Å². The number of aliphatic hydroxyl groups is 1. The normalized spacial score (nSPS) is 12.4. The van der Waals surface area contributed by atoms with Crippen LogP contribution in [0.2, 0.25) is 5.02 Å². The molecule has 0 aliphatic rings. The Morgan fingerprint density at radius 2 is 1.70 bits per heavy atom. The van der Waals surface area contributed by atoms with Crippen molar-refractivity contribution in [3.05, 3.63) is 70.0 Å². The third-order valence-electron chi connectivity index (χ3n) is 2.93. The molecule has 0 heterocycles. The summed E-state index contributed by atoms with van der Waals surface area (Å²) in [6, 6.07) is 7.41. The van der Waals surface area contributed by atoms with Crippen molar-refractivity contribution in [2.24, 2.45) is 0 Å². The number of hydrogen-bond acceptors (Lipinski definition) is 1. The Morgan fingerprint density at radius 1 is 0.950 bits per heavy atom. The molecule has 1 N–H and O–H groups in total. The summed E-state index contributed by atoms with van der Waals surface area (Å²) in [6.45, 7) is 0. The van der Waals surface area contributed by atoms with Crippen LogP contribution in [-0.4, -0.2) is 11.2 Å². The van der Waals surface area contributed by atoms with E-state index in [4.69, 9.17) is 11.6 Å². The van der Waals surface area contributed by atoms with E-state index in [9.17, 15) is 18.3 Å². The maximum atomic E-state index is 13.4.